The van der Waals surface area contributed by atoms with Crippen molar-refractivity contribution in [1.82, 2.24) is 0 Å². The third-order valence-electron chi connectivity index (χ3n) is 3.23. The molecule has 0 radical (unpaired) electrons. The molecular weight excluding hydrogens is 263 g/mol. The number of halogens is 2. The van der Waals surface area contributed by atoms with E-state index in [2.05, 4.69) is 37.3 Å². The zero-order valence-electron chi connectivity index (χ0n) is 10.4. The minimum absolute atomic E-state index is 0.312. The summed E-state index contributed by atoms with van der Waals surface area (Å²) in [5, 5.41) is 0.771. The second-order valence-corrected chi connectivity index (χ2v) is 5.28. The van der Waals surface area contributed by atoms with Gasteiger partial charge in [0.2, 0.25) is 0 Å². The summed E-state index contributed by atoms with van der Waals surface area (Å²) >= 11 is 12.2. The molecule has 18 heavy (non-hydrogen) atoms. The first kappa shape index (κ1) is 13.5. The molecule has 0 spiro atoms. The summed E-state index contributed by atoms with van der Waals surface area (Å²) < 4.78 is 0. The lowest BCUT2D eigenvalue weighted by molar-refractivity contribution is 0.762. The van der Waals surface area contributed by atoms with E-state index < -0.39 is 0 Å². The zero-order chi connectivity index (χ0) is 13.0. The molecule has 0 aliphatic carbocycles. The lowest BCUT2D eigenvalue weighted by Crippen LogP contribution is -2.05. The second kappa shape index (κ2) is 6.26. The Kier molecular flexibility index (Phi) is 4.68. The molecule has 0 bridgehead atoms. The first-order valence-corrected chi connectivity index (χ1v) is 6.98. The van der Waals surface area contributed by atoms with E-state index in [9.17, 15) is 0 Å². The van der Waals surface area contributed by atoms with Crippen molar-refractivity contribution in [2.45, 2.75) is 19.3 Å². The van der Waals surface area contributed by atoms with Crippen molar-refractivity contribution >= 4 is 23.2 Å². The van der Waals surface area contributed by atoms with Crippen molar-refractivity contribution in [2.75, 3.05) is 5.88 Å². The van der Waals surface area contributed by atoms with Crippen LogP contribution in [0.25, 0.3) is 0 Å². The van der Waals surface area contributed by atoms with Gasteiger partial charge in [0.15, 0.2) is 0 Å². The molecule has 0 nitrogen and oxygen atoms in total. The Morgan fingerprint density at radius 1 is 1.06 bits per heavy atom. The standard InChI is InChI=1S/C16H16Cl2/c1-12-5-2-3-6-13(12)9-15(11-17)14-7-4-8-16(18)10-14/h2-8,10,15H,9,11H2,1H3. The molecule has 0 saturated carbocycles. The molecule has 94 valence electrons. The van der Waals surface area contributed by atoms with Crippen LogP contribution in [0.2, 0.25) is 5.02 Å². The number of rotatable bonds is 4. The van der Waals surface area contributed by atoms with E-state index in [1.54, 1.807) is 0 Å². The van der Waals surface area contributed by atoms with Crippen LogP contribution in [-0.2, 0) is 6.42 Å². The van der Waals surface area contributed by atoms with E-state index in [0.29, 0.717) is 11.8 Å². The number of hydrogen-bond acceptors (Lipinski definition) is 0. The molecule has 0 heterocycles. The summed E-state index contributed by atoms with van der Waals surface area (Å²) in [5.41, 5.74) is 3.87. The summed E-state index contributed by atoms with van der Waals surface area (Å²) in [5.74, 6) is 0.917. The van der Waals surface area contributed by atoms with Gasteiger partial charge >= 0.3 is 0 Å². The van der Waals surface area contributed by atoms with E-state index in [1.165, 1.54) is 16.7 Å². The van der Waals surface area contributed by atoms with Crippen LogP contribution in [-0.4, -0.2) is 5.88 Å². The van der Waals surface area contributed by atoms with Gasteiger partial charge in [-0.05, 0) is 42.2 Å². The largest absolute Gasteiger partial charge is 0.126 e. The first-order chi connectivity index (χ1) is 8.70. The molecule has 2 aromatic rings. The molecule has 0 N–H and O–H groups in total. The molecule has 0 amide bonds. The third kappa shape index (κ3) is 3.28. The predicted octanol–water partition coefficient (Wildman–Crippen LogP) is 5.21. The molecule has 0 aliphatic rings. The van der Waals surface area contributed by atoms with Crippen molar-refractivity contribution in [1.29, 1.82) is 0 Å². The number of aryl methyl sites for hydroxylation is 1. The number of alkyl halides is 1. The van der Waals surface area contributed by atoms with Gasteiger partial charge < -0.3 is 0 Å². The van der Waals surface area contributed by atoms with E-state index in [1.807, 2.05) is 18.2 Å². The third-order valence-corrected chi connectivity index (χ3v) is 3.84. The smallest absolute Gasteiger partial charge is 0.0408 e. The van der Waals surface area contributed by atoms with Crippen molar-refractivity contribution in [3.8, 4) is 0 Å². The highest BCUT2D eigenvalue weighted by Gasteiger charge is 2.12. The van der Waals surface area contributed by atoms with Crippen molar-refractivity contribution in [3.63, 3.8) is 0 Å². The van der Waals surface area contributed by atoms with Crippen LogP contribution in [0.5, 0.6) is 0 Å². The van der Waals surface area contributed by atoms with Gasteiger partial charge in [0, 0.05) is 16.8 Å². The Hall–Kier alpha value is -0.980. The average molecular weight is 279 g/mol. The van der Waals surface area contributed by atoms with Gasteiger partial charge in [0.25, 0.3) is 0 Å². The quantitative estimate of drug-likeness (QED) is 0.674. The fraction of sp³-hybridized carbons (Fsp3) is 0.250. The normalized spacial score (nSPS) is 12.4. The highest BCUT2D eigenvalue weighted by atomic mass is 35.5. The van der Waals surface area contributed by atoms with E-state index in [4.69, 9.17) is 23.2 Å². The van der Waals surface area contributed by atoms with Gasteiger partial charge in [-0.1, -0.05) is 48.0 Å². The summed E-state index contributed by atoms with van der Waals surface area (Å²) in [6.45, 7) is 2.14. The van der Waals surface area contributed by atoms with E-state index in [-0.39, 0.29) is 0 Å². The molecule has 0 aliphatic heterocycles. The van der Waals surface area contributed by atoms with Gasteiger partial charge in [0.1, 0.15) is 0 Å². The highest BCUT2D eigenvalue weighted by Crippen LogP contribution is 2.25. The molecule has 0 fully saturated rings. The Labute approximate surface area is 119 Å². The molecule has 0 saturated heterocycles. The topological polar surface area (TPSA) is 0 Å². The van der Waals surface area contributed by atoms with Crippen LogP contribution in [0.4, 0.5) is 0 Å². The Morgan fingerprint density at radius 2 is 1.83 bits per heavy atom. The monoisotopic (exact) mass is 278 g/mol. The highest BCUT2D eigenvalue weighted by molar-refractivity contribution is 6.30. The Bertz CT molecular complexity index is 520. The molecule has 2 aromatic carbocycles. The van der Waals surface area contributed by atoms with Crippen LogP contribution < -0.4 is 0 Å². The van der Waals surface area contributed by atoms with Crippen molar-refractivity contribution < 1.29 is 0 Å². The summed E-state index contributed by atoms with van der Waals surface area (Å²) in [7, 11) is 0. The van der Waals surface area contributed by atoms with Crippen LogP contribution >= 0.6 is 23.2 Å². The van der Waals surface area contributed by atoms with Gasteiger partial charge in [0.05, 0.1) is 0 Å². The molecular formula is C16H16Cl2. The maximum absolute atomic E-state index is 6.11. The fourth-order valence-corrected chi connectivity index (χ4v) is 2.61. The fourth-order valence-electron chi connectivity index (χ4n) is 2.13. The van der Waals surface area contributed by atoms with Gasteiger partial charge in [-0.2, -0.15) is 0 Å². The molecule has 0 aromatic heterocycles. The van der Waals surface area contributed by atoms with Crippen LogP contribution in [0.1, 0.15) is 22.6 Å². The predicted molar refractivity (Wildman–Crippen MR) is 79.8 cm³/mol. The number of hydrogen-bond donors (Lipinski definition) is 0. The molecule has 1 unspecified atom stereocenters. The second-order valence-electron chi connectivity index (χ2n) is 4.54. The Morgan fingerprint density at radius 3 is 2.50 bits per heavy atom. The summed E-state index contributed by atoms with van der Waals surface area (Å²) in [6.07, 6.45) is 0.955. The zero-order valence-corrected chi connectivity index (χ0v) is 11.9. The van der Waals surface area contributed by atoms with E-state index in [0.717, 1.165) is 11.4 Å². The average Bonchev–Trinajstić information content (AvgIpc) is 2.38. The molecule has 1 atom stereocenters. The lowest BCUT2D eigenvalue weighted by Gasteiger charge is -2.16. The van der Waals surface area contributed by atoms with Crippen LogP contribution in [0.15, 0.2) is 48.5 Å². The number of benzene rings is 2. The van der Waals surface area contributed by atoms with Crippen molar-refractivity contribution in [2.24, 2.45) is 0 Å². The molecule has 2 heteroatoms. The van der Waals surface area contributed by atoms with Gasteiger partial charge in [-0.25, -0.2) is 0 Å². The minimum atomic E-state index is 0.312. The van der Waals surface area contributed by atoms with E-state index >= 15 is 0 Å². The minimum Gasteiger partial charge on any atom is -0.126 e. The summed E-state index contributed by atoms with van der Waals surface area (Å²) in [6, 6.07) is 16.4. The lowest BCUT2D eigenvalue weighted by atomic mass is 9.92. The maximum atomic E-state index is 6.11. The van der Waals surface area contributed by atoms with Gasteiger partial charge in [-0.15, -0.1) is 11.6 Å². The maximum Gasteiger partial charge on any atom is 0.0408 e. The van der Waals surface area contributed by atoms with Crippen LogP contribution in [0, 0.1) is 6.92 Å². The van der Waals surface area contributed by atoms with Crippen LogP contribution in [0.3, 0.4) is 0 Å². The Balaban J connectivity index is 2.23. The summed E-state index contributed by atoms with van der Waals surface area (Å²) in [4.78, 5) is 0. The molecule has 2 rings (SSSR count). The SMILES string of the molecule is Cc1ccccc1CC(CCl)c1cccc(Cl)c1. The van der Waals surface area contributed by atoms with Crippen molar-refractivity contribution in [3.05, 3.63) is 70.2 Å². The van der Waals surface area contributed by atoms with Gasteiger partial charge in [-0.3, -0.25) is 0 Å². The first-order valence-electron chi connectivity index (χ1n) is 6.06.